The van der Waals surface area contributed by atoms with Crippen LogP contribution >= 0.6 is 0 Å². The highest BCUT2D eigenvalue weighted by Gasteiger charge is 2.20. The van der Waals surface area contributed by atoms with Crippen molar-refractivity contribution < 1.29 is 15.0 Å². The largest absolute Gasteiger partial charge is 0.394 e. The lowest BCUT2D eigenvalue weighted by atomic mass is 10.0. The van der Waals surface area contributed by atoms with Crippen LogP contribution in [-0.4, -0.2) is 34.9 Å². The van der Waals surface area contributed by atoms with Crippen LogP contribution in [0.15, 0.2) is 12.2 Å². The van der Waals surface area contributed by atoms with E-state index in [9.17, 15) is 15.0 Å². The van der Waals surface area contributed by atoms with Gasteiger partial charge in [-0.25, -0.2) is 0 Å². The molecule has 0 spiro atoms. The van der Waals surface area contributed by atoms with E-state index in [2.05, 4.69) is 31.3 Å². The maximum Gasteiger partial charge on any atom is 0.220 e. The zero-order chi connectivity index (χ0) is 38.6. The zero-order valence-corrected chi connectivity index (χ0v) is 36.3. The molecule has 3 N–H and O–H groups in total. The molecule has 0 radical (unpaired) electrons. The van der Waals surface area contributed by atoms with E-state index >= 15 is 0 Å². The van der Waals surface area contributed by atoms with Crippen molar-refractivity contribution in [3.63, 3.8) is 0 Å². The minimum atomic E-state index is -0.658. The normalized spacial score (nSPS) is 12.9. The van der Waals surface area contributed by atoms with Gasteiger partial charge in [-0.15, -0.1) is 0 Å². The fourth-order valence-corrected chi connectivity index (χ4v) is 7.77. The molecule has 2 atom stereocenters. The Morgan fingerprint density at radius 3 is 1.04 bits per heavy atom. The summed E-state index contributed by atoms with van der Waals surface area (Å²) in [5, 5.41) is 23.2. The van der Waals surface area contributed by atoms with E-state index in [1.807, 2.05) is 0 Å². The molecule has 316 valence electrons. The summed E-state index contributed by atoms with van der Waals surface area (Å²) in [5.41, 5.74) is 0. The van der Waals surface area contributed by atoms with Crippen molar-refractivity contribution in [3.8, 4) is 0 Å². The molecule has 0 aliphatic rings. The number of carbonyl (C=O) groups is 1. The summed E-state index contributed by atoms with van der Waals surface area (Å²) in [4.78, 5) is 12.4. The second-order valence-corrected chi connectivity index (χ2v) is 16.9. The lowest BCUT2D eigenvalue weighted by Gasteiger charge is -2.22. The third-order valence-corrected chi connectivity index (χ3v) is 11.5. The van der Waals surface area contributed by atoms with E-state index in [0.717, 1.165) is 25.7 Å². The predicted molar refractivity (Wildman–Crippen MR) is 235 cm³/mol. The molecule has 53 heavy (non-hydrogen) atoms. The first kappa shape index (κ1) is 52.1. The number of hydrogen-bond acceptors (Lipinski definition) is 3. The number of nitrogens with one attached hydrogen (secondary N) is 1. The molecule has 0 aliphatic carbocycles. The van der Waals surface area contributed by atoms with Crippen LogP contribution in [0.4, 0.5) is 0 Å². The Morgan fingerprint density at radius 2 is 0.717 bits per heavy atom. The molecule has 0 aliphatic heterocycles. The summed E-state index contributed by atoms with van der Waals surface area (Å²) < 4.78 is 0. The van der Waals surface area contributed by atoms with Gasteiger partial charge < -0.3 is 15.5 Å². The summed E-state index contributed by atoms with van der Waals surface area (Å²) in [7, 11) is 0. The molecule has 2 unspecified atom stereocenters. The SMILES string of the molecule is CCCCCCCCC/C=C\CCCCCCCCCC(=O)NC(CO)C(O)CCCCCCCCCCCCCCCCCCCCCCCCC. The average Bonchev–Trinajstić information content (AvgIpc) is 3.16. The molecular weight excluding hydrogens is 651 g/mol. The number of aliphatic hydroxyl groups excluding tert-OH is 2. The average molecular weight is 748 g/mol. The Labute approximate surface area is 333 Å². The molecule has 0 aromatic rings. The van der Waals surface area contributed by atoms with Crippen LogP contribution in [0.1, 0.15) is 277 Å². The highest BCUT2D eigenvalue weighted by Crippen LogP contribution is 2.17. The quantitative estimate of drug-likeness (QED) is 0.0429. The summed E-state index contributed by atoms with van der Waals surface area (Å²) in [6, 6.07) is -0.535. The van der Waals surface area contributed by atoms with E-state index in [1.54, 1.807) is 0 Å². The Kier molecular flexibility index (Phi) is 44.8. The Balaban J connectivity index is 3.46. The predicted octanol–water partition coefficient (Wildman–Crippen LogP) is 15.4. The first-order valence-corrected chi connectivity index (χ1v) is 24.4. The molecule has 0 rings (SSSR count). The van der Waals surface area contributed by atoms with Gasteiger partial charge in [0.15, 0.2) is 0 Å². The van der Waals surface area contributed by atoms with Gasteiger partial charge in [-0.3, -0.25) is 4.79 Å². The summed E-state index contributed by atoms with van der Waals surface area (Å²) >= 11 is 0. The van der Waals surface area contributed by atoms with Crippen molar-refractivity contribution in [3.05, 3.63) is 12.2 Å². The van der Waals surface area contributed by atoms with E-state index in [4.69, 9.17) is 0 Å². The topological polar surface area (TPSA) is 69.6 Å². The second kappa shape index (κ2) is 45.5. The molecular formula is C49H97NO3. The van der Waals surface area contributed by atoms with Crippen molar-refractivity contribution in [1.29, 1.82) is 0 Å². The van der Waals surface area contributed by atoms with Gasteiger partial charge in [0.2, 0.25) is 5.91 Å². The molecule has 0 saturated heterocycles. The van der Waals surface area contributed by atoms with Crippen LogP contribution in [0.25, 0.3) is 0 Å². The summed E-state index contributed by atoms with van der Waals surface area (Å²) in [5.74, 6) is -0.0317. The first-order valence-electron chi connectivity index (χ1n) is 24.4. The van der Waals surface area contributed by atoms with Crippen LogP contribution in [0.2, 0.25) is 0 Å². The Hall–Kier alpha value is -0.870. The maximum absolute atomic E-state index is 12.4. The summed E-state index contributed by atoms with van der Waals surface area (Å²) in [6.45, 7) is 4.38. The van der Waals surface area contributed by atoms with E-state index in [1.165, 1.54) is 225 Å². The van der Waals surface area contributed by atoms with Gasteiger partial charge in [0.25, 0.3) is 0 Å². The van der Waals surface area contributed by atoms with Crippen molar-refractivity contribution in [2.45, 2.75) is 289 Å². The number of allylic oxidation sites excluding steroid dienone is 2. The number of carbonyl (C=O) groups excluding carboxylic acids is 1. The highest BCUT2D eigenvalue weighted by atomic mass is 16.3. The van der Waals surface area contributed by atoms with Crippen LogP contribution < -0.4 is 5.32 Å². The van der Waals surface area contributed by atoms with Crippen molar-refractivity contribution in [2.24, 2.45) is 0 Å². The van der Waals surface area contributed by atoms with Gasteiger partial charge in [0, 0.05) is 6.42 Å². The summed E-state index contributed by atoms with van der Waals surface area (Å²) in [6.07, 6.45) is 57.3. The van der Waals surface area contributed by atoms with Gasteiger partial charge in [-0.1, -0.05) is 244 Å². The minimum Gasteiger partial charge on any atom is -0.394 e. The molecule has 0 aromatic carbocycles. The van der Waals surface area contributed by atoms with E-state index in [0.29, 0.717) is 12.8 Å². The second-order valence-electron chi connectivity index (χ2n) is 16.9. The van der Waals surface area contributed by atoms with Gasteiger partial charge in [-0.05, 0) is 38.5 Å². The molecule has 0 heterocycles. The number of aliphatic hydroxyl groups is 2. The third-order valence-electron chi connectivity index (χ3n) is 11.5. The van der Waals surface area contributed by atoms with Crippen molar-refractivity contribution >= 4 is 5.91 Å². The third kappa shape index (κ3) is 42.1. The fourth-order valence-electron chi connectivity index (χ4n) is 7.77. The van der Waals surface area contributed by atoms with Crippen LogP contribution in [0.5, 0.6) is 0 Å². The maximum atomic E-state index is 12.4. The number of amides is 1. The zero-order valence-electron chi connectivity index (χ0n) is 36.3. The van der Waals surface area contributed by atoms with E-state index in [-0.39, 0.29) is 12.5 Å². The molecule has 4 heteroatoms. The van der Waals surface area contributed by atoms with Gasteiger partial charge in [0.05, 0.1) is 18.8 Å². The molecule has 0 fully saturated rings. The molecule has 0 aromatic heterocycles. The minimum absolute atomic E-state index is 0.0317. The van der Waals surface area contributed by atoms with E-state index < -0.39 is 12.1 Å². The van der Waals surface area contributed by atoms with Crippen LogP contribution in [0.3, 0.4) is 0 Å². The first-order chi connectivity index (χ1) is 26.2. The van der Waals surface area contributed by atoms with Crippen molar-refractivity contribution in [2.75, 3.05) is 6.61 Å². The molecule has 0 bridgehead atoms. The molecule has 1 amide bonds. The highest BCUT2D eigenvalue weighted by molar-refractivity contribution is 5.76. The molecule has 0 saturated carbocycles. The van der Waals surface area contributed by atoms with Crippen molar-refractivity contribution in [1.82, 2.24) is 5.32 Å². The van der Waals surface area contributed by atoms with Crippen LogP contribution in [-0.2, 0) is 4.79 Å². The number of hydrogen-bond donors (Lipinski definition) is 3. The number of unbranched alkanes of at least 4 members (excludes halogenated alkanes) is 36. The van der Waals surface area contributed by atoms with Gasteiger partial charge >= 0.3 is 0 Å². The number of rotatable bonds is 45. The lowest BCUT2D eigenvalue weighted by molar-refractivity contribution is -0.123. The lowest BCUT2D eigenvalue weighted by Crippen LogP contribution is -2.45. The Bertz CT molecular complexity index is 725. The fraction of sp³-hybridized carbons (Fsp3) is 0.939. The molecule has 4 nitrogen and oxygen atoms in total. The van der Waals surface area contributed by atoms with Gasteiger partial charge in [0.1, 0.15) is 0 Å². The van der Waals surface area contributed by atoms with Crippen LogP contribution in [0, 0.1) is 0 Å². The smallest absolute Gasteiger partial charge is 0.220 e. The standard InChI is InChI=1S/C49H97NO3/c1-3-5-7-9-11-13-15-17-19-21-23-24-25-26-27-28-30-32-34-36-38-40-42-44-48(52)47(46-51)50-49(53)45-43-41-39-37-35-33-31-29-22-20-18-16-14-12-10-8-6-4-2/h20,22,47-48,51-52H,3-19,21,23-46H2,1-2H3,(H,50,53)/b22-20-. The Morgan fingerprint density at radius 1 is 0.434 bits per heavy atom. The monoisotopic (exact) mass is 748 g/mol. The van der Waals surface area contributed by atoms with Gasteiger partial charge in [-0.2, -0.15) is 0 Å².